The van der Waals surface area contributed by atoms with Gasteiger partial charge in [-0.3, -0.25) is 4.84 Å². The van der Waals surface area contributed by atoms with Gasteiger partial charge in [-0.25, -0.2) is 0 Å². The average Bonchev–Trinajstić information content (AvgIpc) is 2.76. The van der Waals surface area contributed by atoms with E-state index in [9.17, 15) is 0 Å². The van der Waals surface area contributed by atoms with E-state index >= 15 is 0 Å². The van der Waals surface area contributed by atoms with Gasteiger partial charge in [0.15, 0.2) is 0 Å². The van der Waals surface area contributed by atoms with Gasteiger partial charge in [0, 0.05) is 28.4 Å². The minimum absolute atomic E-state index is 0.0787. The van der Waals surface area contributed by atoms with Crippen LogP contribution in [0.3, 0.4) is 0 Å². The average molecular weight is 331 g/mol. The highest BCUT2D eigenvalue weighted by molar-refractivity contribution is 5.01. The topological polar surface area (TPSA) is 49.4 Å². The Hall–Kier alpha value is -0.500. The molecule has 0 saturated carbocycles. The highest BCUT2D eigenvalue weighted by Gasteiger charge is 2.51. The van der Waals surface area contributed by atoms with Crippen LogP contribution in [0.2, 0.25) is 0 Å². The fraction of sp³-hybridized carbons (Fsp3) is 0.882. The molecule has 0 radical (unpaired) electrons. The second-order valence-electron chi connectivity index (χ2n) is 6.93. The lowest BCUT2D eigenvalue weighted by atomic mass is 9.89. The molecule has 1 rings (SSSR count). The van der Waals surface area contributed by atoms with E-state index in [2.05, 4.69) is 27.4 Å². The van der Waals surface area contributed by atoms with Crippen molar-refractivity contribution in [2.24, 2.45) is 5.41 Å². The van der Waals surface area contributed by atoms with Crippen LogP contribution in [0.4, 0.5) is 0 Å². The van der Waals surface area contributed by atoms with Gasteiger partial charge in [-0.05, 0) is 5.41 Å². The predicted molar refractivity (Wildman–Crippen MR) is 89.3 cm³/mol. The zero-order valence-corrected chi connectivity index (χ0v) is 15.6. The Bertz CT molecular complexity index is 337. The van der Waals surface area contributed by atoms with Crippen LogP contribution in [-0.2, 0) is 23.8 Å². The Morgan fingerprint density at radius 3 is 1.65 bits per heavy atom. The summed E-state index contributed by atoms with van der Waals surface area (Å²) in [5, 5.41) is 1.92. The first kappa shape index (κ1) is 20.5. The minimum atomic E-state index is -0.162. The molecule has 0 spiro atoms. The second-order valence-corrected chi connectivity index (χ2v) is 6.93. The summed E-state index contributed by atoms with van der Waals surface area (Å²) in [7, 11) is 6.71. The Labute approximate surface area is 140 Å². The Balaban J connectivity index is 3.10. The molecule has 23 heavy (non-hydrogen) atoms. The van der Waals surface area contributed by atoms with E-state index < -0.39 is 0 Å². The molecule has 0 aliphatic carbocycles. The van der Waals surface area contributed by atoms with Crippen molar-refractivity contribution >= 4 is 0 Å². The normalized spacial score (nSPS) is 30.6. The molecule has 0 aromatic heterocycles. The number of hydroxylamine groups is 2. The molecule has 0 N–H and O–H groups in total. The largest absolute Gasteiger partial charge is 0.383 e. The van der Waals surface area contributed by atoms with Crippen LogP contribution in [0.25, 0.3) is 0 Å². The highest BCUT2D eigenvalue weighted by Crippen LogP contribution is 2.34. The summed E-state index contributed by atoms with van der Waals surface area (Å²) in [5.74, 6) is 0. The van der Waals surface area contributed by atoms with E-state index in [4.69, 9.17) is 23.8 Å². The molecule has 136 valence electrons. The number of methoxy groups -OCH3 is 4. The lowest BCUT2D eigenvalue weighted by molar-refractivity contribution is -0.253. The van der Waals surface area contributed by atoms with Gasteiger partial charge in [-0.2, -0.15) is 5.06 Å². The van der Waals surface area contributed by atoms with Crippen LogP contribution >= 0.6 is 0 Å². The van der Waals surface area contributed by atoms with Crippen molar-refractivity contribution in [3.05, 3.63) is 12.7 Å². The maximum absolute atomic E-state index is 6.31. The molecule has 5 atom stereocenters. The summed E-state index contributed by atoms with van der Waals surface area (Å²) in [6.45, 7) is 11.2. The first-order chi connectivity index (χ1) is 10.8. The van der Waals surface area contributed by atoms with Crippen molar-refractivity contribution < 1.29 is 23.8 Å². The molecule has 1 unspecified atom stereocenters. The second kappa shape index (κ2) is 9.11. The van der Waals surface area contributed by atoms with E-state index in [1.165, 1.54) is 0 Å². The van der Waals surface area contributed by atoms with Crippen molar-refractivity contribution in [3.8, 4) is 0 Å². The van der Waals surface area contributed by atoms with Gasteiger partial charge in [0.2, 0.25) is 0 Å². The summed E-state index contributed by atoms with van der Waals surface area (Å²) in [4.78, 5) is 6.31. The lowest BCUT2D eigenvalue weighted by Gasteiger charge is -2.36. The Morgan fingerprint density at radius 2 is 1.39 bits per heavy atom. The maximum atomic E-state index is 6.31. The Morgan fingerprint density at radius 1 is 0.957 bits per heavy atom. The van der Waals surface area contributed by atoms with Crippen molar-refractivity contribution in [2.45, 2.75) is 51.2 Å². The van der Waals surface area contributed by atoms with Gasteiger partial charge in [0.25, 0.3) is 0 Å². The molecule has 6 nitrogen and oxygen atoms in total. The summed E-state index contributed by atoms with van der Waals surface area (Å²) >= 11 is 0. The minimum Gasteiger partial charge on any atom is -0.383 e. The first-order valence-corrected chi connectivity index (χ1v) is 7.96. The number of rotatable bonds is 9. The molecule has 1 saturated heterocycles. The number of hydrogen-bond acceptors (Lipinski definition) is 6. The van der Waals surface area contributed by atoms with Gasteiger partial charge in [-0.1, -0.05) is 26.8 Å². The maximum Gasteiger partial charge on any atom is 0.105 e. The SMILES string of the molecule is C=CC(ON1[C@@H](COC)[C@@H](OC)[C@H](OC)[C@@H]1COC)C(C)(C)C. The molecule has 6 heteroatoms. The monoisotopic (exact) mass is 331 g/mol. The number of hydrogen-bond donors (Lipinski definition) is 0. The molecule has 0 aromatic rings. The molecule has 1 aliphatic rings. The summed E-state index contributed by atoms with van der Waals surface area (Å²) in [5.41, 5.74) is -0.0787. The third kappa shape index (κ3) is 4.75. The highest BCUT2D eigenvalue weighted by atomic mass is 16.7. The van der Waals surface area contributed by atoms with E-state index in [-0.39, 0.29) is 35.8 Å². The summed E-state index contributed by atoms with van der Waals surface area (Å²) < 4.78 is 22.1. The van der Waals surface area contributed by atoms with Crippen LogP contribution < -0.4 is 0 Å². The van der Waals surface area contributed by atoms with Crippen molar-refractivity contribution in [2.75, 3.05) is 41.7 Å². The molecule has 1 fully saturated rings. The van der Waals surface area contributed by atoms with Gasteiger partial charge in [0.05, 0.1) is 25.3 Å². The van der Waals surface area contributed by atoms with Gasteiger partial charge in [0.1, 0.15) is 18.3 Å². The van der Waals surface area contributed by atoms with E-state index in [0.717, 1.165) is 0 Å². The molecule has 0 aromatic carbocycles. The molecule has 1 aliphatic heterocycles. The van der Waals surface area contributed by atoms with Crippen LogP contribution in [-0.4, -0.2) is 77.1 Å². The summed E-state index contributed by atoms with van der Waals surface area (Å²) in [6.07, 6.45) is 1.36. The number of ether oxygens (including phenoxy) is 4. The van der Waals surface area contributed by atoms with E-state index in [1.807, 2.05) is 11.1 Å². The smallest absolute Gasteiger partial charge is 0.105 e. The zero-order valence-electron chi connectivity index (χ0n) is 15.6. The van der Waals surface area contributed by atoms with Crippen LogP contribution in [0, 0.1) is 5.41 Å². The fourth-order valence-electron chi connectivity index (χ4n) is 3.08. The summed E-state index contributed by atoms with van der Waals surface area (Å²) in [6, 6.07) is -0.167. The molecular weight excluding hydrogens is 298 g/mol. The molecule has 0 amide bonds. The lowest BCUT2D eigenvalue weighted by Crippen LogP contribution is -2.47. The number of nitrogens with zero attached hydrogens (tertiary/aromatic N) is 1. The molecule has 0 bridgehead atoms. The molecule has 1 heterocycles. The van der Waals surface area contributed by atoms with Gasteiger partial charge >= 0.3 is 0 Å². The van der Waals surface area contributed by atoms with Crippen molar-refractivity contribution in [1.29, 1.82) is 0 Å². The third-order valence-corrected chi connectivity index (χ3v) is 4.26. The van der Waals surface area contributed by atoms with Crippen LogP contribution in [0.15, 0.2) is 12.7 Å². The van der Waals surface area contributed by atoms with Crippen LogP contribution in [0.5, 0.6) is 0 Å². The Kier molecular flexibility index (Phi) is 8.13. The van der Waals surface area contributed by atoms with Crippen LogP contribution in [0.1, 0.15) is 20.8 Å². The molecular formula is C17H33NO5. The van der Waals surface area contributed by atoms with Crippen molar-refractivity contribution in [3.63, 3.8) is 0 Å². The predicted octanol–water partition coefficient (Wildman–Crippen LogP) is 1.89. The fourth-order valence-corrected chi connectivity index (χ4v) is 3.08. The van der Waals surface area contributed by atoms with Crippen molar-refractivity contribution in [1.82, 2.24) is 5.06 Å². The third-order valence-electron chi connectivity index (χ3n) is 4.26. The zero-order chi connectivity index (χ0) is 17.6. The van der Waals surface area contributed by atoms with Gasteiger partial charge in [-0.15, -0.1) is 6.58 Å². The quantitative estimate of drug-likeness (QED) is 0.602. The van der Waals surface area contributed by atoms with E-state index in [0.29, 0.717) is 13.2 Å². The van der Waals surface area contributed by atoms with Gasteiger partial charge < -0.3 is 18.9 Å². The standard InChI is InChI=1S/C17H33NO5/c1-9-14(17(2,3)4)23-18-12(10-19-5)15(21-7)16(22-8)13(18)11-20-6/h9,12-16H,1,10-11H2,2-8H3/t12-,13-,14?,15+,16+/m0/s1. The first-order valence-electron chi connectivity index (χ1n) is 7.96. The van der Waals surface area contributed by atoms with E-state index in [1.54, 1.807) is 28.4 Å².